The Labute approximate surface area is 121 Å². The molecule has 106 valence electrons. The first kappa shape index (κ1) is 12.1. The van der Waals surface area contributed by atoms with Gasteiger partial charge in [-0.15, -0.1) is 0 Å². The summed E-state index contributed by atoms with van der Waals surface area (Å²) < 4.78 is 21.9. The van der Waals surface area contributed by atoms with Crippen LogP contribution in [0.3, 0.4) is 0 Å². The van der Waals surface area contributed by atoms with Crippen molar-refractivity contribution in [2.24, 2.45) is 0 Å². The molecule has 4 heteroatoms. The fourth-order valence-electron chi connectivity index (χ4n) is 2.55. The lowest BCUT2D eigenvalue weighted by atomic mass is 10.1. The van der Waals surface area contributed by atoms with Crippen LogP contribution in [-0.4, -0.2) is 13.9 Å². The minimum atomic E-state index is 0.253. The summed E-state index contributed by atoms with van der Waals surface area (Å²) in [6, 6.07) is 13.9. The number of rotatable bonds is 3. The minimum absolute atomic E-state index is 0.253. The molecule has 0 atom stereocenters. The van der Waals surface area contributed by atoms with Gasteiger partial charge < -0.3 is 18.6 Å². The van der Waals surface area contributed by atoms with E-state index in [1.165, 1.54) is 5.56 Å². The Kier molecular flexibility index (Phi) is 2.74. The molecule has 1 aliphatic heterocycles. The normalized spacial score (nSPS) is 12.8. The predicted octanol–water partition coefficient (Wildman–Crippen LogP) is 3.76. The molecule has 0 spiro atoms. The Morgan fingerprint density at radius 2 is 1.90 bits per heavy atom. The standard InChI is InChI=1S/C17H14O4/c1-18-13-5-2-11(3-6-13)8-14-9-12-4-7-15-17(16(12)21-14)20-10-19-15/h2-7,9H,8,10H2,1H3. The molecule has 0 radical (unpaired) electrons. The summed E-state index contributed by atoms with van der Waals surface area (Å²) in [7, 11) is 1.66. The Morgan fingerprint density at radius 3 is 2.71 bits per heavy atom. The number of fused-ring (bicyclic) bond motifs is 3. The fraction of sp³-hybridized carbons (Fsp3) is 0.176. The fourth-order valence-corrected chi connectivity index (χ4v) is 2.55. The highest BCUT2D eigenvalue weighted by atomic mass is 16.7. The zero-order chi connectivity index (χ0) is 14.2. The summed E-state index contributed by atoms with van der Waals surface area (Å²) in [6.07, 6.45) is 0.730. The Morgan fingerprint density at radius 1 is 1.05 bits per heavy atom. The zero-order valence-corrected chi connectivity index (χ0v) is 11.6. The minimum Gasteiger partial charge on any atom is -0.497 e. The van der Waals surface area contributed by atoms with Crippen LogP contribution in [0, 0.1) is 0 Å². The van der Waals surface area contributed by atoms with Crippen molar-refractivity contribution in [1.29, 1.82) is 0 Å². The maximum atomic E-state index is 5.94. The van der Waals surface area contributed by atoms with Crippen molar-refractivity contribution in [3.63, 3.8) is 0 Å². The van der Waals surface area contributed by atoms with Gasteiger partial charge in [0.25, 0.3) is 0 Å². The summed E-state index contributed by atoms with van der Waals surface area (Å²) in [5.41, 5.74) is 1.93. The smallest absolute Gasteiger partial charge is 0.231 e. The SMILES string of the molecule is COc1ccc(Cc2cc3ccc4c(c3o2)OCO4)cc1. The number of furan rings is 1. The van der Waals surface area contributed by atoms with Crippen molar-refractivity contribution in [1.82, 2.24) is 0 Å². The monoisotopic (exact) mass is 282 g/mol. The van der Waals surface area contributed by atoms with Gasteiger partial charge in [-0.1, -0.05) is 12.1 Å². The third-order valence-corrected chi connectivity index (χ3v) is 3.61. The molecule has 0 amide bonds. The van der Waals surface area contributed by atoms with Gasteiger partial charge in [-0.05, 0) is 35.9 Å². The quantitative estimate of drug-likeness (QED) is 0.733. The van der Waals surface area contributed by atoms with E-state index in [2.05, 4.69) is 0 Å². The number of benzene rings is 2. The van der Waals surface area contributed by atoms with Gasteiger partial charge in [0.2, 0.25) is 12.5 Å². The first-order valence-corrected chi connectivity index (χ1v) is 6.77. The van der Waals surface area contributed by atoms with Gasteiger partial charge in [0.15, 0.2) is 11.3 Å². The molecular weight excluding hydrogens is 268 g/mol. The summed E-state index contributed by atoms with van der Waals surface area (Å²) >= 11 is 0. The lowest BCUT2D eigenvalue weighted by Gasteiger charge is -2.01. The lowest BCUT2D eigenvalue weighted by molar-refractivity contribution is 0.174. The van der Waals surface area contributed by atoms with Gasteiger partial charge in [-0.3, -0.25) is 0 Å². The average molecular weight is 282 g/mol. The van der Waals surface area contributed by atoms with Crippen molar-refractivity contribution in [2.75, 3.05) is 13.9 Å². The maximum absolute atomic E-state index is 5.94. The van der Waals surface area contributed by atoms with Crippen LogP contribution in [0.15, 0.2) is 46.9 Å². The summed E-state index contributed by atoms with van der Waals surface area (Å²) in [6.45, 7) is 0.253. The number of hydrogen-bond donors (Lipinski definition) is 0. The highest BCUT2D eigenvalue weighted by Crippen LogP contribution is 2.40. The molecular formula is C17H14O4. The third kappa shape index (κ3) is 2.09. The van der Waals surface area contributed by atoms with Gasteiger partial charge in [0.05, 0.1) is 7.11 Å². The van der Waals surface area contributed by atoms with E-state index in [1.54, 1.807) is 7.11 Å². The number of methoxy groups -OCH3 is 1. The van der Waals surface area contributed by atoms with Crippen LogP contribution < -0.4 is 14.2 Å². The highest BCUT2D eigenvalue weighted by molar-refractivity contribution is 5.86. The van der Waals surface area contributed by atoms with E-state index in [1.807, 2.05) is 42.5 Å². The van der Waals surface area contributed by atoms with E-state index in [0.717, 1.165) is 34.6 Å². The Bertz CT molecular complexity index is 786. The molecule has 0 aliphatic carbocycles. The Hall–Kier alpha value is -2.62. The molecule has 0 saturated heterocycles. The van der Waals surface area contributed by atoms with Crippen LogP contribution in [0.2, 0.25) is 0 Å². The second-order valence-electron chi connectivity index (χ2n) is 4.96. The summed E-state index contributed by atoms with van der Waals surface area (Å²) in [5, 5.41) is 1.03. The lowest BCUT2D eigenvalue weighted by Crippen LogP contribution is -1.93. The van der Waals surface area contributed by atoms with Crippen LogP contribution in [0.5, 0.6) is 17.2 Å². The zero-order valence-electron chi connectivity index (χ0n) is 11.6. The van der Waals surface area contributed by atoms with Crippen molar-refractivity contribution in [2.45, 2.75) is 6.42 Å². The molecule has 1 aromatic heterocycles. The molecule has 0 bridgehead atoms. The topological polar surface area (TPSA) is 40.8 Å². The number of hydrogen-bond acceptors (Lipinski definition) is 4. The first-order chi connectivity index (χ1) is 10.3. The van der Waals surface area contributed by atoms with E-state index >= 15 is 0 Å². The summed E-state index contributed by atoms with van der Waals surface area (Å²) in [4.78, 5) is 0. The number of ether oxygens (including phenoxy) is 3. The van der Waals surface area contributed by atoms with E-state index in [0.29, 0.717) is 5.75 Å². The molecule has 0 N–H and O–H groups in total. The molecule has 3 aromatic rings. The molecule has 2 aromatic carbocycles. The largest absolute Gasteiger partial charge is 0.497 e. The van der Waals surface area contributed by atoms with Gasteiger partial charge in [-0.25, -0.2) is 0 Å². The molecule has 0 saturated carbocycles. The van der Waals surface area contributed by atoms with E-state index < -0.39 is 0 Å². The van der Waals surface area contributed by atoms with E-state index in [4.69, 9.17) is 18.6 Å². The predicted molar refractivity (Wildman–Crippen MR) is 78.1 cm³/mol. The molecule has 4 nitrogen and oxygen atoms in total. The van der Waals surface area contributed by atoms with Crippen molar-refractivity contribution in [3.05, 3.63) is 53.8 Å². The Balaban J connectivity index is 1.67. The second-order valence-corrected chi connectivity index (χ2v) is 4.96. The van der Waals surface area contributed by atoms with Crippen LogP contribution in [0.25, 0.3) is 11.0 Å². The third-order valence-electron chi connectivity index (χ3n) is 3.61. The van der Waals surface area contributed by atoms with E-state index in [-0.39, 0.29) is 6.79 Å². The maximum Gasteiger partial charge on any atom is 0.231 e. The average Bonchev–Trinajstić information content (AvgIpc) is 3.12. The molecule has 1 aliphatic rings. The second kappa shape index (κ2) is 4.74. The van der Waals surface area contributed by atoms with Crippen molar-refractivity contribution >= 4 is 11.0 Å². The van der Waals surface area contributed by atoms with Gasteiger partial charge in [0.1, 0.15) is 11.5 Å². The van der Waals surface area contributed by atoms with Crippen LogP contribution >= 0.6 is 0 Å². The molecule has 2 heterocycles. The molecule has 0 unspecified atom stereocenters. The van der Waals surface area contributed by atoms with Gasteiger partial charge >= 0.3 is 0 Å². The first-order valence-electron chi connectivity index (χ1n) is 6.77. The van der Waals surface area contributed by atoms with Gasteiger partial charge in [-0.2, -0.15) is 0 Å². The highest BCUT2D eigenvalue weighted by Gasteiger charge is 2.20. The van der Waals surface area contributed by atoms with Gasteiger partial charge in [0, 0.05) is 11.8 Å². The van der Waals surface area contributed by atoms with Crippen LogP contribution in [0.4, 0.5) is 0 Å². The van der Waals surface area contributed by atoms with Crippen LogP contribution in [-0.2, 0) is 6.42 Å². The molecule has 0 fully saturated rings. The summed E-state index contributed by atoms with van der Waals surface area (Å²) in [5.74, 6) is 3.20. The van der Waals surface area contributed by atoms with E-state index in [9.17, 15) is 0 Å². The molecule has 4 rings (SSSR count). The molecule has 21 heavy (non-hydrogen) atoms. The van der Waals surface area contributed by atoms with Crippen molar-refractivity contribution < 1.29 is 18.6 Å². The van der Waals surface area contributed by atoms with Crippen molar-refractivity contribution in [3.8, 4) is 17.2 Å². The van der Waals surface area contributed by atoms with Crippen LogP contribution in [0.1, 0.15) is 11.3 Å².